The van der Waals surface area contributed by atoms with Crippen LogP contribution in [0, 0.1) is 5.92 Å². The van der Waals surface area contributed by atoms with Crippen molar-refractivity contribution in [1.29, 1.82) is 0 Å². The minimum Gasteiger partial charge on any atom is -0.367 e. The summed E-state index contributed by atoms with van der Waals surface area (Å²) < 4.78 is 0. The van der Waals surface area contributed by atoms with Crippen molar-refractivity contribution in [2.24, 2.45) is 5.92 Å². The van der Waals surface area contributed by atoms with Crippen molar-refractivity contribution >= 4 is 11.7 Å². The van der Waals surface area contributed by atoms with Gasteiger partial charge in [0.1, 0.15) is 5.82 Å². The number of hydrogen-bond acceptors (Lipinski definition) is 5. The van der Waals surface area contributed by atoms with Crippen LogP contribution in [0.2, 0.25) is 0 Å². The van der Waals surface area contributed by atoms with Crippen molar-refractivity contribution < 1.29 is 4.79 Å². The van der Waals surface area contributed by atoms with Crippen LogP contribution in [0.4, 0.5) is 5.82 Å². The number of hydrogen-bond donors (Lipinski definition) is 3. The Balaban J connectivity index is 1.51. The smallest absolute Gasteiger partial charge is 0.220 e. The molecule has 1 atom stereocenters. The molecule has 0 bridgehead atoms. The highest BCUT2D eigenvalue weighted by molar-refractivity contribution is 5.75. The third-order valence-electron chi connectivity index (χ3n) is 3.26. The lowest BCUT2D eigenvalue weighted by Crippen LogP contribution is -2.29. The molecular weight excluding hydrogens is 242 g/mol. The van der Waals surface area contributed by atoms with Gasteiger partial charge < -0.3 is 16.0 Å². The molecule has 1 aromatic heterocycles. The van der Waals surface area contributed by atoms with E-state index < -0.39 is 0 Å². The van der Waals surface area contributed by atoms with Gasteiger partial charge in [-0.05, 0) is 31.8 Å². The first-order chi connectivity index (χ1) is 9.34. The van der Waals surface area contributed by atoms with Gasteiger partial charge in [0.15, 0.2) is 0 Å². The number of nitrogens with zero attached hydrogens (tertiary/aromatic N) is 2. The van der Waals surface area contributed by atoms with E-state index in [-0.39, 0.29) is 5.91 Å². The standard InChI is InChI=1S/C13H21N5O/c19-13(2-1-11-3-4-14-9-11)18-8-7-17-12-10-15-5-6-16-12/h5-6,10-11,14H,1-4,7-9H2,(H,16,17)(H,18,19). The van der Waals surface area contributed by atoms with E-state index in [0.717, 1.165) is 25.3 Å². The largest absolute Gasteiger partial charge is 0.367 e. The lowest BCUT2D eigenvalue weighted by Gasteiger charge is -2.09. The van der Waals surface area contributed by atoms with Crippen molar-refractivity contribution in [3.8, 4) is 0 Å². The Morgan fingerprint density at radius 2 is 2.37 bits per heavy atom. The summed E-state index contributed by atoms with van der Waals surface area (Å²) in [4.78, 5) is 19.7. The van der Waals surface area contributed by atoms with Crippen LogP contribution >= 0.6 is 0 Å². The zero-order valence-corrected chi connectivity index (χ0v) is 11.1. The van der Waals surface area contributed by atoms with Gasteiger partial charge in [-0.3, -0.25) is 9.78 Å². The summed E-state index contributed by atoms with van der Waals surface area (Å²) in [5.74, 6) is 1.53. The van der Waals surface area contributed by atoms with Gasteiger partial charge in [0.2, 0.25) is 5.91 Å². The van der Waals surface area contributed by atoms with Gasteiger partial charge in [-0.25, -0.2) is 4.98 Å². The summed E-state index contributed by atoms with van der Waals surface area (Å²) in [6.45, 7) is 3.42. The van der Waals surface area contributed by atoms with E-state index in [1.807, 2.05) is 0 Å². The fourth-order valence-corrected chi connectivity index (χ4v) is 2.17. The molecular formula is C13H21N5O. The third-order valence-corrected chi connectivity index (χ3v) is 3.26. The van der Waals surface area contributed by atoms with Gasteiger partial charge in [-0.15, -0.1) is 0 Å². The summed E-state index contributed by atoms with van der Waals surface area (Å²) >= 11 is 0. The van der Waals surface area contributed by atoms with E-state index in [1.165, 1.54) is 6.42 Å². The van der Waals surface area contributed by atoms with Gasteiger partial charge in [-0.2, -0.15) is 0 Å². The minimum absolute atomic E-state index is 0.132. The summed E-state index contributed by atoms with van der Waals surface area (Å²) in [5.41, 5.74) is 0. The Hall–Kier alpha value is -1.69. The molecule has 1 aliphatic heterocycles. The monoisotopic (exact) mass is 263 g/mol. The highest BCUT2D eigenvalue weighted by Gasteiger charge is 2.15. The molecule has 0 aromatic carbocycles. The first-order valence-corrected chi connectivity index (χ1v) is 6.82. The molecule has 2 heterocycles. The second-order valence-electron chi connectivity index (χ2n) is 4.76. The summed E-state index contributed by atoms with van der Waals surface area (Å²) in [6.07, 6.45) is 7.73. The lowest BCUT2D eigenvalue weighted by atomic mass is 10.0. The quantitative estimate of drug-likeness (QED) is 0.620. The summed E-state index contributed by atoms with van der Waals surface area (Å²) in [6, 6.07) is 0. The van der Waals surface area contributed by atoms with Gasteiger partial charge in [-0.1, -0.05) is 0 Å². The lowest BCUT2D eigenvalue weighted by molar-refractivity contribution is -0.121. The van der Waals surface area contributed by atoms with E-state index in [0.29, 0.717) is 25.4 Å². The first kappa shape index (κ1) is 13.7. The van der Waals surface area contributed by atoms with Gasteiger partial charge >= 0.3 is 0 Å². The minimum atomic E-state index is 0.132. The molecule has 1 saturated heterocycles. The molecule has 6 heteroatoms. The average Bonchev–Trinajstić information content (AvgIpc) is 2.96. The van der Waals surface area contributed by atoms with E-state index >= 15 is 0 Å². The van der Waals surface area contributed by atoms with Crippen LogP contribution in [0.15, 0.2) is 18.6 Å². The van der Waals surface area contributed by atoms with Crippen molar-refractivity contribution in [3.63, 3.8) is 0 Å². The number of carbonyl (C=O) groups excluding carboxylic acids is 1. The summed E-state index contributed by atoms with van der Waals surface area (Å²) in [5, 5.41) is 9.32. The zero-order valence-electron chi connectivity index (χ0n) is 11.1. The molecule has 0 radical (unpaired) electrons. The number of anilines is 1. The SMILES string of the molecule is O=C(CCC1CCNC1)NCCNc1cnccn1. The molecule has 1 amide bonds. The van der Waals surface area contributed by atoms with E-state index in [4.69, 9.17) is 0 Å². The first-order valence-electron chi connectivity index (χ1n) is 6.82. The fraction of sp³-hybridized carbons (Fsp3) is 0.615. The maximum absolute atomic E-state index is 11.6. The van der Waals surface area contributed by atoms with E-state index in [2.05, 4.69) is 25.9 Å². The van der Waals surface area contributed by atoms with Crippen molar-refractivity contribution in [1.82, 2.24) is 20.6 Å². The molecule has 1 aromatic rings. The Morgan fingerprint density at radius 1 is 1.42 bits per heavy atom. The molecule has 0 spiro atoms. The highest BCUT2D eigenvalue weighted by atomic mass is 16.1. The van der Waals surface area contributed by atoms with E-state index in [1.54, 1.807) is 18.6 Å². The average molecular weight is 263 g/mol. The Morgan fingerprint density at radius 3 is 3.11 bits per heavy atom. The van der Waals surface area contributed by atoms with Crippen LogP contribution in [-0.4, -0.2) is 42.1 Å². The number of aromatic nitrogens is 2. The Kier molecular flexibility index (Phi) is 5.55. The topological polar surface area (TPSA) is 78.9 Å². The molecule has 1 fully saturated rings. The van der Waals surface area contributed by atoms with Gasteiger partial charge in [0.25, 0.3) is 0 Å². The summed E-state index contributed by atoms with van der Waals surface area (Å²) in [7, 11) is 0. The highest BCUT2D eigenvalue weighted by Crippen LogP contribution is 2.13. The molecule has 19 heavy (non-hydrogen) atoms. The predicted molar refractivity (Wildman–Crippen MR) is 73.7 cm³/mol. The number of carbonyl (C=O) groups is 1. The molecule has 2 rings (SSSR count). The van der Waals surface area contributed by atoms with Gasteiger partial charge in [0, 0.05) is 31.9 Å². The maximum atomic E-state index is 11.6. The normalized spacial score (nSPS) is 18.2. The van der Waals surface area contributed by atoms with Crippen LogP contribution in [0.3, 0.4) is 0 Å². The van der Waals surface area contributed by atoms with Crippen molar-refractivity contribution in [2.45, 2.75) is 19.3 Å². The molecule has 0 aliphatic carbocycles. The van der Waals surface area contributed by atoms with Crippen molar-refractivity contribution in [3.05, 3.63) is 18.6 Å². The zero-order chi connectivity index (χ0) is 13.3. The van der Waals surface area contributed by atoms with Crippen molar-refractivity contribution in [2.75, 3.05) is 31.5 Å². The molecule has 104 valence electrons. The van der Waals surface area contributed by atoms with E-state index in [9.17, 15) is 4.79 Å². The molecule has 0 saturated carbocycles. The second kappa shape index (κ2) is 7.68. The molecule has 1 unspecified atom stereocenters. The predicted octanol–water partition coefficient (Wildman–Crippen LogP) is 0.394. The van der Waals surface area contributed by atoms with Crippen LogP contribution < -0.4 is 16.0 Å². The second-order valence-corrected chi connectivity index (χ2v) is 4.76. The Bertz CT molecular complexity index is 378. The molecule has 6 nitrogen and oxygen atoms in total. The third kappa shape index (κ3) is 5.21. The van der Waals surface area contributed by atoms with Crippen LogP contribution in [0.5, 0.6) is 0 Å². The maximum Gasteiger partial charge on any atom is 0.220 e. The fourth-order valence-electron chi connectivity index (χ4n) is 2.17. The van der Waals surface area contributed by atoms with Gasteiger partial charge in [0.05, 0.1) is 6.20 Å². The number of amides is 1. The Labute approximate surface area is 113 Å². The van der Waals surface area contributed by atoms with Crippen LogP contribution in [-0.2, 0) is 4.79 Å². The molecule has 3 N–H and O–H groups in total. The van der Waals surface area contributed by atoms with Crippen LogP contribution in [0.1, 0.15) is 19.3 Å². The number of rotatable bonds is 7. The van der Waals surface area contributed by atoms with Crippen LogP contribution in [0.25, 0.3) is 0 Å². The molecule has 1 aliphatic rings. The number of nitrogens with one attached hydrogen (secondary N) is 3.